The summed E-state index contributed by atoms with van der Waals surface area (Å²) in [6.07, 6.45) is 0. The highest BCUT2D eigenvalue weighted by molar-refractivity contribution is 7.85. The molecule has 1 atom stereocenters. The van der Waals surface area contributed by atoms with Gasteiger partial charge in [-0.2, -0.15) is 16.8 Å². The van der Waals surface area contributed by atoms with Gasteiger partial charge >= 0.3 is 16.4 Å². The number of hydrogen-bond acceptors (Lipinski definition) is 7. The van der Waals surface area contributed by atoms with Crippen molar-refractivity contribution in [2.24, 2.45) is 0 Å². The van der Waals surface area contributed by atoms with Crippen LogP contribution < -0.4 is 5.32 Å². The number of aliphatic carboxylic acids is 1. The van der Waals surface area contributed by atoms with Crippen molar-refractivity contribution in [1.29, 1.82) is 0 Å². The van der Waals surface area contributed by atoms with E-state index in [-0.39, 0.29) is 6.54 Å². The molecule has 0 aromatic carbocycles. The van der Waals surface area contributed by atoms with Crippen LogP contribution in [0.1, 0.15) is 0 Å². The molecule has 0 aliphatic rings. The van der Waals surface area contributed by atoms with Crippen LogP contribution in [0, 0.1) is 0 Å². The molecule has 0 bridgehead atoms. The van der Waals surface area contributed by atoms with Gasteiger partial charge in [0.2, 0.25) is 0 Å². The SMILES string of the molecule is O=C(O)[C@H](CS(=O)(=O)O)NCCOS(=O)(=O)O. The minimum Gasteiger partial charge on any atom is -0.480 e. The fourth-order valence-corrected chi connectivity index (χ4v) is 1.78. The second kappa shape index (κ2) is 6.23. The maximum absolute atomic E-state index is 10.5. The van der Waals surface area contributed by atoms with Gasteiger partial charge in [-0.1, -0.05) is 0 Å². The van der Waals surface area contributed by atoms with Crippen molar-refractivity contribution in [3.63, 3.8) is 0 Å². The number of hydrogen-bond donors (Lipinski definition) is 4. The molecule has 17 heavy (non-hydrogen) atoms. The first-order valence-electron chi connectivity index (χ1n) is 4.04. The Labute approximate surface area is 97.3 Å². The van der Waals surface area contributed by atoms with Gasteiger partial charge in [-0.15, -0.1) is 0 Å². The quantitative estimate of drug-likeness (QED) is 0.283. The Balaban J connectivity index is 4.17. The predicted molar refractivity (Wildman–Crippen MR) is 53.3 cm³/mol. The standard InChI is InChI=1S/C5H11NO9S2/c7-5(8)4(3-16(9,10)11)6-1-2-15-17(12,13)14/h4,6H,1-3H2,(H,7,8)(H,9,10,11)(H,12,13,14)/t4-/m0/s1. The molecule has 0 aliphatic carbocycles. The molecule has 0 aromatic heterocycles. The molecule has 12 heteroatoms. The largest absolute Gasteiger partial charge is 0.480 e. The second-order valence-corrected chi connectivity index (χ2v) is 5.43. The van der Waals surface area contributed by atoms with E-state index in [1.54, 1.807) is 0 Å². The van der Waals surface area contributed by atoms with Crippen molar-refractivity contribution in [3.05, 3.63) is 0 Å². The Morgan fingerprint density at radius 2 is 1.76 bits per heavy atom. The first kappa shape index (κ1) is 16.2. The normalized spacial score (nSPS) is 14.5. The van der Waals surface area contributed by atoms with Gasteiger partial charge in [0.25, 0.3) is 10.1 Å². The van der Waals surface area contributed by atoms with E-state index in [0.29, 0.717) is 0 Å². The first-order valence-corrected chi connectivity index (χ1v) is 7.02. The Morgan fingerprint density at radius 1 is 1.24 bits per heavy atom. The number of carboxylic acid groups (broad SMARTS) is 1. The van der Waals surface area contributed by atoms with Crippen LogP contribution in [0.3, 0.4) is 0 Å². The lowest BCUT2D eigenvalue weighted by Gasteiger charge is -2.11. The summed E-state index contributed by atoms with van der Waals surface area (Å²) >= 11 is 0. The molecule has 102 valence electrons. The van der Waals surface area contributed by atoms with E-state index in [2.05, 4.69) is 9.50 Å². The van der Waals surface area contributed by atoms with Gasteiger partial charge in [0.05, 0.1) is 6.61 Å². The van der Waals surface area contributed by atoms with E-state index in [1.807, 2.05) is 0 Å². The average Bonchev–Trinajstić information content (AvgIpc) is 2.06. The van der Waals surface area contributed by atoms with Crippen LogP contribution in [-0.2, 0) is 29.5 Å². The molecule has 0 rings (SSSR count). The summed E-state index contributed by atoms with van der Waals surface area (Å²) in [6.45, 7) is -0.944. The van der Waals surface area contributed by atoms with Crippen LogP contribution in [0.4, 0.5) is 0 Å². The highest BCUT2D eigenvalue weighted by Crippen LogP contribution is 1.92. The van der Waals surface area contributed by atoms with Gasteiger partial charge in [0.15, 0.2) is 0 Å². The minimum absolute atomic E-state index is 0.355. The summed E-state index contributed by atoms with van der Waals surface area (Å²) in [5.41, 5.74) is 0. The van der Waals surface area contributed by atoms with Gasteiger partial charge < -0.3 is 10.4 Å². The van der Waals surface area contributed by atoms with E-state index in [9.17, 15) is 21.6 Å². The Hall–Kier alpha value is -0.790. The molecule has 0 saturated heterocycles. The van der Waals surface area contributed by atoms with Crippen LogP contribution >= 0.6 is 0 Å². The van der Waals surface area contributed by atoms with Gasteiger partial charge in [-0.25, -0.2) is 4.18 Å². The van der Waals surface area contributed by atoms with Gasteiger partial charge in [-0.3, -0.25) is 13.9 Å². The van der Waals surface area contributed by atoms with Crippen LogP contribution in [0.2, 0.25) is 0 Å². The molecule has 0 aliphatic heterocycles. The zero-order valence-corrected chi connectivity index (χ0v) is 9.94. The number of carbonyl (C=O) groups is 1. The van der Waals surface area contributed by atoms with Crippen LogP contribution in [0.5, 0.6) is 0 Å². The lowest BCUT2D eigenvalue weighted by molar-refractivity contribution is -0.138. The molecule has 0 saturated carbocycles. The summed E-state index contributed by atoms with van der Waals surface area (Å²) in [6, 6.07) is -1.62. The van der Waals surface area contributed by atoms with Crippen LogP contribution in [0.25, 0.3) is 0 Å². The molecule has 0 amide bonds. The third kappa shape index (κ3) is 10.1. The summed E-state index contributed by atoms with van der Waals surface area (Å²) in [5, 5.41) is 10.7. The van der Waals surface area contributed by atoms with Crippen molar-refractivity contribution < 1.29 is 40.0 Å². The fourth-order valence-electron chi connectivity index (χ4n) is 0.808. The van der Waals surface area contributed by atoms with E-state index < -0.39 is 44.9 Å². The zero-order valence-electron chi connectivity index (χ0n) is 8.31. The molecule has 0 spiro atoms. The van der Waals surface area contributed by atoms with E-state index in [4.69, 9.17) is 14.2 Å². The maximum atomic E-state index is 10.5. The highest BCUT2D eigenvalue weighted by atomic mass is 32.3. The molecule has 0 fully saturated rings. The van der Waals surface area contributed by atoms with E-state index >= 15 is 0 Å². The molecule has 10 nitrogen and oxygen atoms in total. The number of rotatable bonds is 8. The Bertz CT molecular complexity index is 452. The van der Waals surface area contributed by atoms with Gasteiger partial charge in [0, 0.05) is 6.54 Å². The molecule has 0 radical (unpaired) electrons. The Morgan fingerprint density at radius 3 is 2.12 bits per heavy atom. The molecule has 4 N–H and O–H groups in total. The van der Waals surface area contributed by atoms with E-state index in [0.717, 1.165) is 0 Å². The van der Waals surface area contributed by atoms with Crippen molar-refractivity contribution in [2.75, 3.05) is 18.9 Å². The number of carboxylic acids is 1. The van der Waals surface area contributed by atoms with Crippen molar-refractivity contribution in [2.45, 2.75) is 6.04 Å². The first-order chi connectivity index (χ1) is 7.51. The smallest absolute Gasteiger partial charge is 0.397 e. The summed E-state index contributed by atoms with van der Waals surface area (Å²) in [4.78, 5) is 10.5. The topological polar surface area (TPSA) is 167 Å². The number of nitrogens with one attached hydrogen (secondary N) is 1. The average molecular weight is 293 g/mol. The molecule has 0 unspecified atom stereocenters. The third-order valence-electron chi connectivity index (χ3n) is 1.40. The second-order valence-electron chi connectivity index (χ2n) is 2.84. The summed E-state index contributed by atoms with van der Waals surface area (Å²) < 4.78 is 61.5. The fraction of sp³-hybridized carbons (Fsp3) is 0.800. The maximum Gasteiger partial charge on any atom is 0.397 e. The van der Waals surface area contributed by atoms with Crippen molar-refractivity contribution >= 4 is 26.5 Å². The van der Waals surface area contributed by atoms with Gasteiger partial charge in [-0.05, 0) is 0 Å². The van der Waals surface area contributed by atoms with Crippen molar-refractivity contribution in [1.82, 2.24) is 5.32 Å². The molecule has 0 aromatic rings. The lowest BCUT2D eigenvalue weighted by Crippen LogP contribution is -2.43. The lowest BCUT2D eigenvalue weighted by atomic mass is 10.3. The van der Waals surface area contributed by atoms with Crippen LogP contribution in [0.15, 0.2) is 0 Å². The summed E-state index contributed by atoms with van der Waals surface area (Å²) in [5.74, 6) is -2.62. The Kier molecular flexibility index (Phi) is 5.94. The van der Waals surface area contributed by atoms with Crippen LogP contribution in [-0.4, -0.2) is 62.0 Å². The molecular formula is C5H11NO9S2. The van der Waals surface area contributed by atoms with E-state index in [1.165, 1.54) is 0 Å². The zero-order chi connectivity index (χ0) is 13.7. The van der Waals surface area contributed by atoms with Crippen molar-refractivity contribution in [3.8, 4) is 0 Å². The summed E-state index contributed by atoms with van der Waals surface area (Å²) in [7, 11) is -9.12. The highest BCUT2D eigenvalue weighted by Gasteiger charge is 2.23. The predicted octanol–water partition coefficient (Wildman–Crippen LogP) is -2.26. The third-order valence-corrected chi connectivity index (χ3v) is 2.62. The monoisotopic (exact) mass is 293 g/mol. The molecule has 0 heterocycles. The minimum atomic E-state index is -4.63. The van der Waals surface area contributed by atoms with Gasteiger partial charge in [0.1, 0.15) is 11.8 Å². The molecular weight excluding hydrogens is 282 g/mol.